The first-order valence-corrected chi connectivity index (χ1v) is 9.02. The zero-order valence-corrected chi connectivity index (χ0v) is 15.1. The molecule has 0 radical (unpaired) electrons. The van der Waals surface area contributed by atoms with Crippen molar-refractivity contribution >= 4 is 15.9 Å². The Morgan fingerprint density at radius 3 is 2.71 bits per heavy atom. The van der Waals surface area contributed by atoms with E-state index in [1.807, 2.05) is 0 Å². The van der Waals surface area contributed by atoms with Gasteiger partial charge in [0.05, 0.1) is 6.61 Å². The van der Waals surface area contributed by atoms with Crippen LogP contribution in [0.15, 0.2) is 28.7 Å². The largest absolute Gasteiger partial charge is 0.383 e. The van der Waals surface area contributed by atoms with Gasteiger partial charge in [0.1, 0.15) is 0 Å². The van der Waals surface area contributed by atoms with Crippen LogP contribution in [0, 0.1) is 0 Å². The maximum Gasteiger partial charge on any atom is 0.0587 e. The molecular formula is C18H30BrNO. The van der Waals surface area contributed by atoms with Crippen LogP contribution in [0.2, 0.25) is 0 Å². The molecule has 0 spiro atoms. The molecule has 2 nitrogen and oxygen atoms in total. The van der Waals surface area contributed by atoms with E-state index in [1.165, 1.54) is 48.6 Å². The van der Waals surface area contributed by atoms with Crippen LogP contribution in [0.3, 0.4) is 0 Å². The molecule has 1 unspecified atom stereocenters. The summed E-state index contributed by atoms with van der Waals surface area (Å²) in [5.74, 6) is 0.598. The predicted molar refractivity (Wildman–Crippen MR) is 95.0 cm³/mol. The summed E-state index contributed by atoms with van der Waals surface area (Å²) in [4.78, 5) is 0. The quantitative estimate of drug-likeness (QED) is 0.524. The first-order chi connectivity index (χ1) is 10.3. The van der Waals surface area contributed by atoms with Crippen molar-refractivity contribution in [2.45, 2.75) is 51.4 Å². The number of unbranched alkanes of at least 4 members (excludes halogenated alkanes) is 4. The van der Waals surface area contributed by atoms with Crippen LogP contribution in [-0.2, 0) is 4.74 Å². The van der Waals surface area contributed by atoms with Crippen LogP contribution in [0.5, 0.6) is 0 Å². The molecule has 0 heterocycles. The molecule has 0 saturated carbocycles. The molecule has 0 saturated heterocycles. The molecular weight excluding hydrogens is 326 g/mol. The number of methoxy groups -OCH3 is 1. The Morgan fingerprint density at radius 1 is 1.19 bits per heavy atom. The molecule has 0 bridgehead atoms. The fourth-order valence-corrected chi connectivity index (χ4v) is 3.01. The lowest BCUT2D eigenvalue weighted by Crippen LogP contribution is -2.25. The second kappa shape index (κ2) is 12.2. The van der Waals surface area contributed by atoms with Crippen molar-refractivity contribution in [2.75, 3.05) is 26.8 Å². The third kappa shape index (κ3) is 8.60. The lowest BCUT2D eigenvalue weighted by Gasteiger charge is -2.18. The van der Waals surface area contributed by atoms with Gasteiger partial charge in [-0.05, 0) is 30.0 Å². The molecule has 0 aliphatic heterocycles. The molecule has 120 valence electrons. The molecule has 1 rings (SSSR count). The highest BCUT2D eigenvalue weighted by atomic mass is 79.9. The van der Waals surface area contributed by atoms with E-state index in [0.29, 0.717) is 5.92 Å². The van der Waals surface area contributed by atoms with Gasteiger partial charge < -0.3 is 10.1 Å². The zero-order valence-electron chi connectivity index (χ0n) is 13.5. The smallest absolute Gasteiger partial charge is 0.0587 e. The maximum atomic E-state index is 5.10. The van der Waals surface area contributed by atoms with Crippen molar-refractivity contribution in [3.05, 3.63) is 34.3 Å². The minimum absolute atomic E-state index is 0.598. The van der Waals surface area contributed by atoms with E-state index in [0.717, 1.165) is 19.7 Å². The van der Waals surface area contributed by atoms with Crippen molar-refractivity contribution < 1.29 is 4.74 Å². The Hall–Kier alpha value is -0.380. The van der Waals surface area contributed by atoms with Gasteiger partial charge in [-0.2, -0.15) is 0 Å². The van der Waals surface area contributed by atoms with Crippen LogP contribution in [0.25, 0.3) is 0 Å². The van der Waals surface area contributed by atoms with Crippen LogP contribution in [0.4, 0.5) is 0 Å². The van der Waals surface area contributed by atoms with Crippen molar-refractivity contribution in [3.63, 3.8) is 0 Å². The van der Waals surface area contributed by atoms with Gasteiger partial charge in [0.2, 0.25) is 0 Å². The average molecular weight is 356 g/mol. The van der Waals surface area contributed by atoms with Crippen LogP contribution >= 0.6 is 15.9 Å². The summed E-state index contributed by atoms with van der Waals surface area (Å²) in [5.41, 5.74) is 1.43. The molecule has 3 heteroatoms. The highest BCUT2D eigenvalue weighted by Gasteiger charge is 2.11. The molecule has 1 aromatic carbocycles. The van der Waals surface area contributed by atoms with Gasteiger partial charge in [-0.15, -0.1) is 0 Å². The maximum absolute atomic E-state index is 5.10. The normalized spacial score (nSPS) is 12.5. The van der Waals surface area contributed by atoms with Crippen LogP contribution < -0.4 is 5.32 Å². The Kier molecular flexibility index (Phi) is 10.8. The molecule has 0 aliphatic carbocycles. The number of benzene rings is 1. The SMILES string of the molecule is CCCCCCCC(CNCCOC)c1cccc(Br)c1. The minimum Gasteiger partial charge on any atom is -0.383 e. The van der Waals surface area contributed by atoms with Crippen LogP contribution in [0.1, 0.15) is 56.9 Å². The van der Waals surface area contributed by atoms with Gasteiger partial charge in [-0.3, -0.25) is 0 Å². The third-order valence-electron chi connectivity index (χ3n) is 3.85. The molecule has 21 heavy (non-hydrogen) atoms. The second-order valence-electron chi connectivity index (χ2n) is 5.65. The number of hydrogen-bond acceptors (Lipinski definition) is 2. The van der Waals surface area contributed by atoms with Gasteiger partial charge in [-0.25, -0.2) is 0 Å². The van der Waals surface area contributed by atoms with E-state index in [-0.39, 0.29) is 0 Å². The van der Waals surface area contributed by atoms with Crippen molar-refractivity contribution in [1.29, 1.82) is 0 Å². The fraction of sp³-hybridized carbons (Fsp3) is 0.667. The summed E-state index contributed by atoms with van der Waals surface area (Å²) >= 11 is 3.59. The average Bonchev–Trinajstić information content (AvgIpc) is 2.49. The van der Waals surface area contributed by atoms with Crippen LogP contribution in [-0.4, -0.2) is 26.8 Å². The molecule has 0 aliphatic rings. The molecule has 1 N–H and O–H groups in total. The summed E-state index contributed by atoms with van der Waals surface area (Å²) in [6.07, 6.45) is 8.00. The predicted octanol–water partition coefficient (Wildman–Crippen LogP) is 5.13. The first kappa shape index (κ1) is 18.7. The Labute approximate surface area is 138 Å². The topological polar surface area (TPSA) is 21.3 Å². The third-order valence-corrected chi connectivity index (χ3v) is 4.34. The second-order valence-corrected chi connectivity index (χ2v) is 6.57. The highest BCUT2D eigenvalue weighted by Crippen LogP contribution is 2.25. The number of halogens is 1. The lowest BCUT2D eigenvalue weighted by atomic mass is 9.93. The molecule has 0 amide bonds. The highest BCUT2D eigenvalue weighted by molar-refractivity contribution is 9.10. The summed E-state index contributed by atoms with van der Waals surface area (Å²) in [6, 6.07) is 8.74. The summed E-state index contributed by atoms with van der Waals surface area (Å²) < 4.78 is 6.28. The van der Waals surface area contributed by atoms with Gasteiger partial charge in [0.25, 0.3) is 0 Å². The van der Waals surface area contributed by atoms with Gasteiger partial charge >= 0.3 is 0 Å². The number of hydrogen-bond donors (Lipinski definition) is 1. The van der Waals surface area contributed by atoms with E-state index in [9.17, 15) is 0 Å². The number of ether oxygens (including phenoxy) is 1. The van der Waals surface area contributed by atoms with E-state index in [1.54, 1.807) is 7.11 Å². The Balaban J connectivity index is 2.45. The molecule has 1 aromatic rings. The zero-order chi connectivity index (χ0) is 15.3. The van der Waals surface area contributed by atoms with E-state index < -0.39 is 0 Å². The van der Waals surface area contributed by atoms with Gasteiger partial charge in [0.15, 0.2) is 0 Å². The van der Waals surface area contributed by atoms with E-state index >= 15 is 0 Å². The first-order valence-electron chi connectivity index (χ1n) is 8.23. The summed E-state index contributed by atoms with van der Waals surface area (Å²) in [5, 5.41) is 3.52. The van der Waals surface area contributed by atoms with Crippen molar-refractivity contribution in [2.24, 2.45) is 0 Å². The van der Waals surface area contributed by atoms with Gasteiger partial charge in [-0.1, -0.05) is 67.1 Å². The van der Waals surface area contributed by atoms with E-state index in [4.69, 9.17) is 4.74 Å². The van der Waals surface area contributed by atoms with E-state index in [2.05, 4.69) is 52.4 Å². The van der Waals surface area contributed by atoms with Crippen molar-refractivity contribution in [3.8, 4) is 0 Å². The van der Waals surface area contributed by atoms with Crippen molar-refractivity contribution in [1.82, 2.24) is 5.32 Å². The Morgan fingerprint density at radius 2 is 2.00 bits per heavy atom. The summed E-state index contributed by atoms with van der Waals surface area (Å²) in [7, 11) is 1.75. The molecule has 0 aromatic heterocycles. The minimum atomic E-state index is 0.598. The summed E-state index contributed by atoms with van der Waals surface area (Å²) in [6.45, 7) is 5.01. The number of rotatable bonds is 12. The molecule has 1 atom stereocenters. The Bertz CT molecular complexity index is 370. The lowest BCUT2D eigenvalue weighted by molar-refractivity contribution is 0.198. The number of nitrogens with one attached hydrogen (secondary N) is 1. The standard InChI is InChI=1S/C18H30BrNO/c1-3-4-5-6-7-9-17(15-20-12-13-21-2)16-10-8-11-18(19)14-16/h8,10-11,14,17,20H,3-7,9,12-13,15H2,1-2H3. The monoisotopic (exact) mass is 355 g/mol. The molecule has 0 fully saturated rings. The fourth-order valence-electron chi connectivity index (χ4n) is 2.59. The van der Waals surface area contributed by atoms with Gasteiger partial charge in [0, 0.05) is 24.7 Å².